The van der Waals surface area contributed by atoms with Crippen molar-refractivity contribution in [3.8, 4) is 0 Å². The molecule has 2 heterocycles. The number of rotatable bonds is 2. The number of hydrogen-bond acceptors (Lipinski definition) is 4. The van der Waals surface area contributed by atoms with Gasteiger partial charge in [-0.25, -0.2) is 0 Å². The van der Waals surface area contributed by atoms with Gasteiger partial charge in [0.1, 0.15) is 0 Å². The van der Waals surface area contributed by atoms with E-state index in [-0.39, 0.29) is 11.6 Å². The fourth-order valence-electron chi connectivity index (χ4n) is 2.31. The first-order valence-electron chi connectivity index (χ1n) is 6.58. The number of piperazine rings is 1. The van der Waals surface area contributed by atoms with E-state index in [9.17, 15) is 0 Å². The quantitative estimate of drug-likeness (QED) is 0.864. The number of likely N-dealkylation sites (N-methyl/N-ethyl adjacent to an activating group) is 1. The summed E-state index contributed by atoms with van der Waals surface area (Å²) < 4.78 is 0. The van der Waals surface area contributed by atoms with Crippen molar-refractivity contribution in [1.29, 1.82) is 0 Å². The average molecular weight is 248 g/mol. The van der Waals surface area contributed by atoms with E-state index in [2.05, 4.69) is 41.7 Å². The molecule has 4 nitrogen and oxygen atoms in total. The van der Waals surface area contributed by atoms with Crippen molar-refractivity contribution in [1.82, 2.24) is 9.88 Å². The Balaban J connectivity index is 2.13. The van der Waals surface area contributed by atoms with Crippen LogP contribution in [0.5, 0.6) is 0 Å². The summed E-state index contributed by atoms with van der Waals surface area (Å²) in [6.45, 7) is 9.69. The monoisotopic (exact) mass is 248 g/mol. The second-order valence-electron chi connectivity index (χ2n) is 5.89. The fourth-order valence-corrected chi connectivity index (χ4v) is 2.31. The molecule has 1 saturated heterocycles. The molecule has 1 aromatic heterocycles. The summed E-state index contributed by atoms with van der Waals surface area (Å²) in [7, 11) is 2.19. The van der Waals surface area contributed by atoms with Gasteiger partial charge in [0, 0.05) is 31.2 Å². The lowest BCUT2D eigenvalue weighted by molar-refractivity contribution is 0.139. The molecule has 2 N–H and O–H groups in total. The zero-order valence-electron chi connectivity index (χ0n) is 11.8. The molecule has 18 heavy (non-hydrogen) atoms. The molecule has 1 atom stereocenters. The van der Waals surface area contributed by atoms with Crippen molar-refractivity contribution in [2.45, 2.75) is 32.4 Å². The van der Waals surface area contributed by atoms with Crippen molar-refractivity contribution in [2.24, 2.45) is 5.73 Å². The van der Waals surface area contributed by atoms with Crippen LogP contribution >= 0.6 is 0 Å². The van der Waals surface area contributed by atoms with E-state index in [0.717, 1.165) is 25.3 Å². The Labute approximate surface area is 110 Å². The van der Waals surface area contributed by atoms with Crippen LogP contribution < -0.4 is 10.6 Å². The highest BCUT2D eigenvalue weighted by Crippen LogP contribution is 2.24. The van der Waals surface area contributed by atoms with Gasteiger partial charge in [0.15, 0.2) is 0 Å². The smallest absolute Gasteiger partial charge is 0.0569 e. The topological polar surface area (TPSA) is 45.4 Å². The summed E-state index contributed by atoms with van der Waals surface area (Å²) in [6.07, 6.45) is 1.94. The molecule has 0 bridgehead atoms. The van der Waals surface area contributed by atoms with Gasteiger partial charge in [-0.3, -0.25) is 9.88 Å². The zero-order valence-corrected chi connectivity index (χ0v) is 11.8. The van der Waals surface area contributed by atoms with E-state index >= 15 is 0 Å². The third-order valence-electron chi connectivity index (χ3n) is 3.92. The number of nitrogens with two attached hydrogens (primary N) is 1. The van der Waals surface area contributed by atoms with E-state index in [0.29, 0.717) is 0 Å². The van der Waals surface area contributed by atoms with Crippen molar-refractivity contribution in [3.63, 3.8) is 0 Å². The second kappa shape index (κ2) is 4.86. The Morgan fingerprint density at radius 1 is 1.33 bits per heavy atom. The largest absolute Gasteiger partial charge is 0.367 e. The van der Waals surface area contributed by atoms with Gasteiger partial charge in [-0.1, -0.05) is 0 Å². The van der Waals surface area contributed by atoms with E-state index in [1.165, 1.54) is 5.69 Å². The van der Waals surface area contributed by atoms with Crippen molar-refractivity contribution < 1.29 is 0 Å². The minimum atomic E-state index is 0.00276. The van der Waals surface area contributed by atoms with E-state index < -0.39 is 0 Å². The predicted octanol–water partition coefficient (Wildman–Crippen LogP) is 1.63. The molecule has 0 saturated carbocycles. The van der Waals surface area contributed by atoms with E-state index in [1.807, 2.05) is 19.2 Å². The molecule has 2 rings (SSSR count). The van der Waals surface area contributed by atoms with Crippen LogP contribution in [0, 0.1) is 0 Å². The summed E-state index contributed by atoms with van der Waals surface area (Å²) in [5.74, 6) is 0. The van der Waals surface area contributed by atoms with Crippen LogP contribution in [-0.4, -0.2) is 42.1 Å². The molecule has 0 aromatic carbocycles. The summed E-state index contributed by atoms with van der Waals surface area (Å²) in [5, 5.41) is 0. The first-order chi connectivity index (χ1) is 8.40. The van der Waals surface area contributed by atoms with Gasteiger partial charge in [0.25, 0.3) is 0 Å². The molecule has 0 radical (unpaired) electrons. The lowest BCUT2D eigenvalue weighted by Gasteiger charge is -2.46. The highest BCUT2D eigenvalue weighted by Gasteiger charge is 2.31. The predicted molar refractivity (Wildman–Crippen MR) is 75.8 cm³/mol. The highest BCUT2D eigenvalue weighted by atomic mass is 15.3. The summed E-state index contributed by atoms with van der Waals surface area (Å²) in [5.41, 5.74) is 8.17. The number of anilines is 1. The molecule has 1 aromatic rings. The maximum absolute atomic E-state index is 5.82. The van der Waals surface area contributed by atoms with E-state index in [4.69, 9.17) is 5.73 Å². The standard InChI is InChI=1S/C14H24N4/c1-11(15)13-6-5-12(9-16-13)18-8-7-17(4)14(2,3)10-18/h5-6,9,11H,7-8,10,15H2,1-4H3/t11-/m1/s1. The van der Waals surface area contributed by atoms with Gasteiger partial charge < -0.3 is 10.6 Å². The van der Waals surface area contributed by atoms with Gasteiger partial charge >= 0.3 is 0 Å². The lowest BCUT2D eigenvalue weighted by atomic mass is 9.99. The summed E-state index contributed by atoms with van der Waals surface area (Å²) in [4.78, 5) is 9.25. The van der Waals surface area contributed by atoms with Gasteiger partial charge in [0.05, 0.1) is 17.6 Å². The number of nitrogens with zero attached hydrogens (tertiary/aromatic N) is 3. The maximum atomic E-state index is 5.82. The number of aromatic nitrogens is 1. The SMILES string of the molecule is C[C@@H](N)c1ccc(N2CCN(C)C(C)(C)C2)cn1. The van der Waals surface area contributed by atoms with Crippen LogP contribution in [0.4, 0.5) is 5.69 Å². The molecule has 0 aliphatic carbocycles. The lowest BCUT2D eigenvalue weighted by Crippen LogP contribution is -2.57. The Bertz CT molecular complexity index is 397. The second-order valence-corrected chi connectivity index (χ2v) is 5.89. The molecule has 1 fully saturated rings. The van der Waals surface area contributed by atoms with Gasteiger partial charge in [0.2, 0.25) is 0 Å². The van der Waals surface area contributed by atoms with Crippen LogP contribution in [0.15, 0.2) is 18.3 Å². The Morgan fingerprint density at radius 3 is 2.56 bits per heavy atom. The third kappa shape index (κ3) is 2.65. The molecular weight excluding hydrogens is 224 g/mol. The van der Waals surface area contributed by atoms with Crippen LogP contribution in [0.3, 0.4) is 0 Å². The first kappa shape index (κ1) is 13.3. The van der Waals surface area contributed by atoms with Crippen LogP contribution in [0.2, 0.25) is 0 Å². The molecule has 100 valence electrons. The molecule has 1 aliphatic heterocycles. The third-order valence-corrected chi connectivity index (χ3v) is 3.92. The average Bonchev–Trinajstić information content (AvgIpc) is 2.33. The van der Waals surface area contributed by atoms with Crippen molar-refractivity contribution in [3.05, 3.63) is 24.0 Å². The normalized spacial score (nSPS) is 21.9. The zero-order chi connectivity index (χ0) is 13.3. The molecular formula is C14H24N4. The summed E-state index contributed by atoms with van der Waals surface area (Å²) in [6, 6.07) is 4.17. The first-order valence-corrected chi connectivity index (χ1v) is 6.58. The molecule has 0 unspecified atom stereocenters. The van der Waals surface area contributed by atoms with Crippen LogP contribution in [-0.2, 0) is 0 Å². The molecule has 1 aliphatic rings. The molecule has 0 amide bonds. The maximum Gasteiger partial charge on any atom is 0.0569 e. The van der Waals surface area contributed by atoms with Crippen molar-refractivity contribution >= 4 is 5.69 Å². The fraction of sp³-hybridized carbons (Fsp3) is 0.643. The van der Waals surface area contributed by atoms with Gasteiger partial charge in [-0.2, -0.15) is 0 Å². The Morgan fingerprint density at radius 2 is 2.06 bits per heavy atom. The van der Waals surface area contributed by atoms with Gasteiger partial charge in [-0.15, -0.1) is 0 Å². The highest BCUT2D eigenvalue weighted by molar-refractivity contribution is 5.46. The minimum absolute atomic E-state index is 0.00276. The molecule has 4 heteroatoms. The van der Waals surface area contributed by atoms with Crippen molar-refractivity contribution in [2.75, 3.05) is 31.6 Å². The van der Waals surface area contributed by atoms with Gasteiger partial charge in [-0.05, 0) is 40.0 Å². The Hall–Kier alpha value is -1.13. The number of hydrogen-bond donors (Lipinski definition) is 1. The Kier molecular flexibility index (Phi) is 3.59. The minimum Gasteiger partial charge on any atom is -0.367 e. The summed E-state index contributed by atoms with van der Waals surface area (Å²) >= 11 is 0. The molecule has 0 spiro atoms. The number of pyridine rings is 1. The van der Waals surface area contributed by atoms with Crippen LogP contribution in [0.1, 0.15) is 32.5 Å². The van der Waals surface area contributed by atoms with Crippen LogP contribution in [0.25, 0.3) is 0 Å². The van der Waals surface area contributed by atoms with E-state index in [1.54, 1.807) is 0 Å².